The van der Waals surface area contributed by atoms with Crippen LogP contribution in [0.15, 0.2) is 35.6 Å². The average Bonchev–Trinajstić information content (AvgIpc) is 3.26. The van der Waals surface area contributed by atoms with Crippen LogP contribution in [0.4, 0.5) is 0 Å². The Morgan fingerprint density at radius 1 is 1.26 bits per heavy atom. The summed E-state index contributed by atoms with van der Waals surface area (Å²) < 4.78 is 7.22. The smallest absolute Gasteiger partial charge is 0.315 e. The zero-order chi connectivity index (χ0) is 22.0. The van der Waals surface area contributed by atoms with Crippen LogP contribution in [-0.2, 0) is 29.5 Å². The van der Waals surface area contributed by atoms with Gasteiger partial charge in [-0.05, 0) is 30.4 Å². The average molecular weight is 424 g/mol. The topological polar surface area (TPSA) is 67.6 Å². The molecule has 1 N–H and O–H groups in total. The van der Waals surface area contributed by atoms with Gasteiger partial charge in [0.1, 0.15) is 11.5 Å². The molecule has 1 saturated carbocycles. The molecule has 6 nitrogen and oxygen atoms in total. The van der Waals surface area contributed by atoms with E-state index in [9.17, 15) is 9.90 Å². The molecule has 2 aliphatic rings. The molecule has 0 unspecified atom stereocenters. The summed E-state index contributed by atoms with van der Waals surface area (Å²) in [6, 6.07) is 8.88. The van der Waals surface area contributed by atoms with E-state index in [2.05, 4.69) is 47.7 Å². The summed E-state index contributed by atoms with van der Waals surface area (Å²) >= 11 is 0. The molecular weight excluding hydrogens is 390 g/mol. The molecule has 0 spiro atoms. The molecule has 4 rings (SSSR count). The van der Waals surface area contributed by atoms with Gasteiger partial charge in [-0.15, -0.1) is 0 Å². The number of ether oxygens (including phenoxy) is 1. The Kier molecular flexibility index (Phi) is 6.19. The van der Waals surface area contributed by atoms with Gasteiger partial charge in [0, 0.05) is 38.6 Å². The summed E-state index contributed by atoms with van der Waals surface area (Å²) in [5.74, 6) is 0.457. The molecule has 1 aromatic heterocycles. The Morgan fingerprint density at radius 2 is 2.03 bits per heavy atom. The number of rotatable bonds is 7. The second-order valence-electron chi connectivity index (χ2n) is 8.83. The fourth-order valence-corrected chi connectivity index (χ4v) is 5.25. The fraction of sp³-hybridized carbons (Fsp3) is 0.520. The predicted octanol–water partition coefficient (Wildman–Crippen LogP) is 3.50. The van der Waals surface area contributed by atoms with Crippen molar-refractivity contribution >= 4 is 5.70 Å². The number of aryl methyl sites for hydroxylation is 1. The van der Waals surface area contributed by atoms with E-state index in [1.807, 2.05) is 4.57 Å². The Hall–Kier alpha value is -2.60. The van der Waals surface area contributed by atoms with Crippen molar-refractivity contribution in [3.63, 3.8) is 0 Å². The summed E-state index contributed by atoms with van der Waals surface area (Å²) in [5, 5.41) is 10.6. The molecule has 0 bridgehead atoms. The molecule has 0 radical (unpaired) electrons. The number of aromatic nitrogens is 2. The molecule has 1 aromatic carbocycles. The number of benzene rings is 1. The van der Waals surface area contributed by atoms with Crippen molar-refractivity contribution in [2.75, 3.05) is 26.8 Å². The van der Waals surface area contributed by atoms with Crippen LogP contribution in [0, 0.1) is 0 Å². The maximum Gasteiger partial charge on any atom is 0.315 e. The molecule has 1 fully saturated rings. The van der Waals surface area contributed by atoms with E-state index in [1.165, 1.54) is 24.0 Å². The fourth-order valence-electron chi connectivity index (χ4n) is 5.25. The third kappa shape index (κ3) is 4.01. The van der Waals surface area contributed by atoms with Crippen LogP contribution in [0.25, 0.3) is 5.70 Å². The lowest BCUT2D eigenvalue weighted by molar-refractivity contribution is 0.167. The highest BCUT2D eigenvalue weighted by molar-refractivity contribution is 5.65. The van der Waals surface area contributed by atoms with E-state index in [0.717, 1.165) is 31.6 Å². The number of nitrogens with zero attached hydrogens (tertiary/aromatic N) is 3. The number of hydrogen-bond acceptors (Lipinski definition) is 5. The van der Waals surface area contributed by atoms with Gasteiger partial charge in [-0.1, -0.05) is 50.6 Å². The number of methoxy groups -OCH3 is 1. The zero-order valence-electron chi connectivity index (χ0n) is 18.7. The zero-order valence-corrected chi connectivity index (χ0v) is 18.7. The SMILES string of the molecule is C=C1c2c(O)c(=O)nc(CC3(c4cccc(CC)c4)CCCC3)n2CCN1CCOC. The molecule has 2 aromatic rings. The number of fused-ring (bicyclic) bond motifs is 1. The summed E-state index contributed by atoms with van der Waals surface area (Å²) in [5.41, 5.74) is 3.27. The molecule has 0 amide bonds. The van der Waals surface area contributed by atoms with Crippen molar-refractivity contribution in [1.29, 1.82) is 0 Å². The largest absolute Gasteiger partial charge is 0.501 e. The number of hydrogen-bond donors (Lipinski definition) is 1. The molecular formula is C25H33N3O3. The standard InChI is InChI=1S/C25H33N3O3/c1-4-19-8-7-9-20(16-19)25(10-5-6-11-25)17-21-26-24(30)23(29)22-18(2)27(14-15-31-3)12-13-28(21)22/h7-9,16,29H,2,4-6,10-15,17H2,1,3H3. The Morgan fingerprint density at radius 3 is 2.74 bits per heavy atom. The Bertz CT molecular complexity index is 1020. The van der Waals surface area contributed by atoms with E-state index in [-0.39, 0.29) is 11.2 Å². The summed E-state index contributed by atoms with van der Waals surface area (Å²) in [6.07, 6.45) is 6.26. The van der Waals surface area contributed by atoms with Crippen molar-refractivity contribution < 1.29 is 9.84 Å². The van der Waals surface area contributed by atoms with Gasteiger partial charge in [-0.25, -0.2) is 0 Å². The van der Waals surface area contributed by atoms with Gasteiger partial charge in [0.25, 0.3) is 0 Å². The quantitative estimate of drug-likeness (QED) is 0.738. The second-order valence-corrected chi connectivity index (χ2v) is 8.83. The first-order valence-corrected chi connectivity index (χ1v) is 11.3. The first-order chi connectivity index (χ1) is 15.0. The van der Waals surface area contributed by atoms with E-state index in [0.29, 0.717) is 37.5 Å². The van der Waals surface area contributed by atoms with Crippen LogP contribution >= 0.6 is 0 Å². The lowest BCUT2D eigenvalue weighted by Crippen LogP contribution is -2.39. The molecule has 2 heterocycles. The molecule has 1 aliphatic heterocycles. The summed E-state index contributed by atoms with van der Waals surface area (Å²) in [6.45, 7) is 9.03. The summed E-state index contributed by atoms with van der Waals surface area (Å²) in [7, 11) is 1.67. The second kappa shape index (κ2) is 8.87. The highest BCUT2D eigenvalue weighted by atomic mass is 16.5. The predicted molar refractivity (Wildman–Crippen MR) is 122 cm³/mol. The van der Waals surface area contributed by atoms with Crippen LogP contribution in [0.1, 0.15) is 55.3 Å². The van der Waals surface area contributed by atoms with Crippen LogP contribution in [0.3, 0.4) is 0 Å². The van der Waals surface area contributed by atoms with Gasteiger partial charge in [0.15, 0.2) is 0 Å². The van der Waals surface area contributed by atoms with Crippen molar-refractivity contribution in [3.8, 4) is 5.75 Å². The first kappa shape index (κ1) is 21.6. The molecule has 1 aliphatic carbocycles. The highest BCUT2D eigenvalue weighted by Crippen LogP contribution is 2.44. The highest BCUT2D eigenvalue weighted by Gasteiger charge is 2.38. The van der Waals surface area contributed by atoms with E-state index in [1.54, 1.807) is 7.11 Å². The van der Waals surface area contributed by atoms with E-state index >= 15 is 0 Å². The van der Waals surface area contributed by atoms with Gasteiger partial charge in [0.05, 0.1) is 12.3 Å². The Balaban J connectivity index is 1.75. The monoisotopic (exact) mass is 423 g/mol. The minimum atomic E-state index is -0.563. The number of aromatic hydroxyl groups is 1. The Labute approximate surface area is 184 Å². The van der Waals surface area contributed by atoms with Crippen LogP contribution in [0.2, 0.25) is 0 Å². The van der Waals surface area contributed by atoms with Crippen LogP contribution < -0.4 is 5.56 Å². The van der Waals surface area contributed by atoms with Gasteiger partial charge in [-0.3, -0.25) is 4.79 Å². The molecule has 166 valence electrons. The third-order valence-electron chi connectivity index (χ3n) is 7.06. The first-order valence-electron chi connectivity index (χ1n) is 11.3. The maximum atomic E-state index is 12.6. The normalized spacial score (nSPS) is 17.7. The van der Waals surface area contributed by atoms with Gasteiger partial charge >= 0.3 is 5.56 Å². The minimum absolute atomic E-state index is 0.0170. The van der Waals surface area contributed by atoms with Crippen molar-refractivity contribution in [2.24, 2.45) is 0 Å². The van der Waals surface area contributed by atoms with Gasteiger partial charge < -0.3 is 19.3 Å². The molecule has 6 heteroatoms. The van der Waals surface area contributed by atoms with E-state index in [4.69, 9.17) is 4.74 Å². The van der Waals surface area contributed by atoms with Gasteiger partial charge in [-0.2, -0.15) is 4.98 Å². The van der Waals surface area contributed by atoms with E-state index < -0.39 is 5.56 Å². The lowest BCUT2D eigenvalue weighted by atomic mass is 9.75. The van der Waals surface area contributed by atoms with Crippen molar-refractivity contribution in [1.82, 2.24) is 14.5 Å². The van der Waals surface area contributed by atoms with Crippen LogP contribution in [-0.4, -0.2) is 46.4 Å². The minimum Gasteiger partial charge on any atom is -0.501 e. The van der Waals surface area contributed by atoms with Crippen molar-refractivity contribution in [2.45, 2.75) is 57.4 Å². The molecule has 0 atom stereocenters. The van der Waals surface area contributed by atoms with Crippen molar-refractivity contribution in [3.05, 3.63) is 63.8 Å². The third-order valence-corrected chi connectivity index (χ3v) is 7.06. The summed E-state index contributed by atoms with van der Waals surface area (Å²) in [4.78, 5) is 19.1. The van der Waals surface area contributed by atoms with Crippen LogP contribution in [0.5, 0.6) is 5.75 Å². The van der Waals surface area contributed by atoms with Gasteiger partial charge in [0.2, 0.25) is 5.75 Å². The molecule has 0 saturated heterocycles. The molecule has 31 heavy (non-hydrogen) atoms. The maximum absolute atomic E-state index is 12.6. The lowest BCUT2D eigenvalue weighted by Gasteiger charge is -2.36.